The lowest BCUT2D eigenvalue weighted by atomic mass is 10.2. The predicted molar refractivity (Wildman–Crippen MR) is 46.6 cm³/mol. The van der Waals surface area contributed by atoms with Gasteiger partial charge < -0.3 is 9.88 Å². The van der Waals surface area contributed by atoms with Crippen LogP contribution < -0.4 is 5.32 Å². The number of fused-ring (bicyclic) bond motifs is 1. The number of rotatable bonds is 0. The van der Waals surface area contributed by atoms with E-state index in [9.17, 15) is 0 Å². The van der Waals surface area contributed by atoms with E-state index < -0.39 is 0 Å². The summed E-state index contributed by atoms with van der Waals surface area (Å²) >= 11 is 5.10. The van der Waals surface area contributed by atoms with Crippen LogP contribution in [0.15, 0.2) is 12.5 Å². The summed E-state index contributed by atoms with van der Waals surface area (Å²) in [6.45, 7) is 3.04. The van der Waals surface area contributed by atoms with Gasteiger partial charge >= 0.3 is 0 Å². The van der Waals surface area contributed by atoms with Gasteiger partial charge in [0, 0.05) is 12.6 Å². The van der Waals surface area contributed by atoms with Crippen molar-refractivity contribution in [2.24, 2.45) is 0 Å². The molecule has 0 aliphatic carbocycles. The summed E-state index contributed by atoms with van der Waals surface area (Å²) < 4.78 is 2.10. The smallest absolute Gasteiger partial charge is 0.125 e. The van der Waals surface area contributed by atoms with Gasteiger partial charge in [0.1, 0.15) is 4.99 Å². The van der Waals surface area contributed by atoms with Crippen molar-refractivity contribution in [2.45, 2.75) is 13.0 Å². The second kappa shape index (κ2) is 2.30. The Labute approximate surface area is 70.4 Å². The van der Waals surface area contributed by atoms with Gasteiger partial charge in [-0.25, -0.2) is 4.98 Å². The molecule has 1 aliphatic heterocycles. The molecule has 1 aromatic rings. The van der Waals surface area contributed by atoms with Gasteiger partial charge in [-0.1, -0.05) is 12.2 Å². The number of aromatic nitrogens is 2. The minimum Gasteiger partial charge on any atom is -0.372 e. The first kappa shape index (κ1) is 6.79. The molecule has 3 nitrogen and oxygen atoms in total. The van der Waals surface area contributed by atoms with Crippen LogP contribution in [0, 0.1) is 0 Å². The Bertz CT molecular complexity index is 292. The highest BCUT2D eigenvalue weighted by Crippen LogP contribution is 2.13. The summed E-state index contributed by atoms with van der Waals surface area (Å²) in [5.74, 6) is 0. The molecule has 1 aromatic heterocycles. The largest absolute Gasteiger partial charge is 0.372 e. The molecule has 2 rings (SSSR count). The van der Waals surface area contributed by atoms with Crippen molar-refractivity contribution in [3.63, 3.8) is 0 Å². The van der Waals surface area contributed by atoms with Crippen LogP contribution in [0.4, 0.5) is 0 Å². The second-order valence-electron chi connectivity index (χ2n) is 2.75. The van der Waals surface area contributed by atoms with Crippen LogP contribution in [0.1, 0.15) is 18.7 Å². The van der Waals surface area contributed by atoms with Gasteiger partial charge in [-0.3, -0.25) is 0 Å². The van der Waals surface area contributed by atoms with Crippen LogP contribution in [-0.4, -0.2) is 21.1 Å². The zero-order chi connectivity index (χ0) is 7.84. The number of nitrogens with zero attached hydrogens (tertiary/aromatic N) is 2. The average molecular weight is 167 g/mol. The van der Waals surface area contributed by atoms with Crippen LogP contribution in [-0.2, 0) is 0 Å². The molecule has 0 fully saturated rings. The van der Waals surface area contributed by atoms with Crippen LogP contribution in [0.2, 0.25) is 0 Å². The molecular formula is C7H9N3S. The zero-order valence-corrected chi connectivity index (χ0v) is 7.06. The normalized spacial score (nSPS) is 22.6. The first-order valence-electron chi connectivity index (χ1n) is 3.59. The fourth-order valence-electron chi connectivity index (χ4n) is 1.26. The number of hydrogen-bond donors (Lipinski definition) is 1. The molecule has 0 bridgehead atoms. The van der Waals surface area contributed by atoms with Crippen LogP contribution in [0.5, 0.6) is 0 Å². The van der Waals surface area contributed by atoms with E-state index in [0.717, 1.165) is 17.2 Å². The molecule has 0 amide bonds. The first-order chi connectivity index (χ1) is 5.29. The van der Waals surface area contributed by atoms with Gasteiger partial charge in [0.25, 0.3) is 0 Å². The van der Waals surface area contributed by atoms with E-state index in [2.05, 4.69) is 21.8 Å². The summed E-state index contributed by atoms with van der Waals surface area (Å²) in [4.78, 5) is 4.85. The van der Waals surface area contributed by atoms with Gasteiger partial charge in [-0.05, 0) is 6.92 Å². The maximum absolute atomic E-state index is 5.10. The topological polar surface area (TPSA) is 29.9 Å². The molecule has 4 heteroatoms. The van der Waals surface area contributed by atoms with Crippen LogP contribution >= 0.6 is 12.2 Å². The molecule has 0 spiro atoms. The molecule has 0 saturated carbocycles. The summed E-state index contributed by atoms with van der Waals surface area (Å²) in [5, 5.41) is 3.14. The fourth-order valence-corrected chi connectivity index (χ4v) is 1.50. The molecule has 0 aromatic carbocycles. The van der Waals surface area contributed by atoms with E-state index in [0.29, 0.717) is 6.04 Å². The molecule has 2 heterocycles. The maximum Gasteiger partial charge on any atom is 0.125 e. The van der Waals surface area contributed by atoms with E-state index >= 15 is 0 Å². The SMILES string of the molecule is C[C@H]1CNC(=S)c2cncn21. The Hall–Kier alpha value is -0.900. The Morgan fingerprint density at radius 1 is 1.82 bits per heavy atom. The summed E-state index contributed by atoms with van der Waals surface area (Å²) in [7, 11) is 0. The van der Waals surface area contributed by atoms with Crippen molar-refractivity contribution in [3.8, 4) is 0 Å². The Morgan fingerprint density at radius 2 is 2.64 bits per heavy atom. The molecule has 0 radical (unpaired) electrons. The highest BCUT2D eigenvalue weighted by molar-refractivity contribution is 7.80. The third-order valence-corrected chi connectivity index (χ3v) is 2.29. The molecule has 0 saturated heterocycles. The second-order valence-corrected chi connectivity index (χ2v) is 3.15. The van der Waals surface area contributed by atoms with E-state index in [1.54, 1.807) is 6.20 Å². The Kier molecular flexibility index (Phi) is 1.42. The lowest BCUT2D eigenvalue weighted by molar-refractivity contribution is 0.514. The molecular weight excluding hydrogens is 158 g/mol. The molecule has 0 unspecified atom stereocenters. The van der Waals surface area contributed by atoms with Crippen molar-refractivity contribution < 1.29 is 0 Å². The standard InChI is InChI=1S/C7H9N3S/c1-5-2-9-7(11)6-3-8-4-10(5)6/h3-5H,2H2,1H3,(H,9,11)/t5-/m0/s1. The molecule has 58 valence electrons. The molecule has 1 aliphatic rings. The van der Waals surface area contributed by atoms with Crippen LogP contribution in [0.25, 0.3) is 0 Å². The number of hydrogen-bond acceptors (Lipinski definition) is 2. The van der Waals surface area contributed by atoms with Gasteiger partial charge in [0.2, 0.25) is 0 Å². The molecule has 11 heavy (non-hydrogen) atoms. The third-order valence-electron chi connectivity index (χ3n) is 1.93. The third kappa shape index (κ3) is 0.939. The minimum atomic E-state index is 0.458. The zero-order valence-electron chi connectivity index (χ0n) is 6.24. The molecule has 1 atom stereocenters. The average Bonchev–Trinajstić information content (AvgIpc) is 2.45. The van der Waals surface area contributed by atoms with Gasteiger partial charge in [-0.2, -0.15) is 0 Å². The lowest BCUT2D eigenvalue weighted by Crippen LogP contribution is -2.36. The lowest BCUT2D eigenvalue weighted by Gasteiger charge is -2.23. The van der Waals surface area contributed by atoms with E-state index in [-0.39, 0.29) is 0 Å². The highest BCUT2D eigenvalue weighted by atomic mass is 32.1. The van der Waals surface area contributed by atoms with Crippen molar-refractivity contribution in [3.05, 3.63) is 18.2 Å². The number of thiocarbonyl (C=S) groups is 1. The summed E-state index contributed by atoms with van der Waals surface area (Å²) in [5.41, 5.74) is 1.03. The van der Waals surface area contributed by atoms with Gasteiger partial charge in [0.15, 0.2) is 0 Å². The van der Waals surface area contributed by atoms with Crippen LogP contribution in [0.3, 0.4) is 0 Å². The van der Waals surface area contributed by atoms with E-state index in [4.69, 9.17) is 12.2 Å². The quantitative estimate of drug-likeness (QED) is 0.577. The van der Waals surface area contributed by atoms with Crippen molar-refractivity contribution in [1.29, 1.82) is 0 Å². The summed E-state index contributed by atoms with van der Waals surface area (Å²) in [6, 6.07) is 0.458. The molecule has 1 N–H and O–H groups in total. The summed E-state index contributed by atoms with van der Waals surface area (Å²) in [6.07, 6.45) is 3.62. The minimum absolute atomic E-state index is 0.458. The highest BCUT2D eigenvalue weighted by Gasteiger charge is 2.17. The maximum atomic E-state index is 5.10. The first-order valence-corrected chi connectivity index (χ1v) is 4.00. The Morgan fingerprint density at radius 3 is 3.36 bits per heavy atom. The monoisotopic (exact) mass is 167 g/mol. The van der Waals surface area contributed by atoms with E-state index in [1.165, 1.54) is 0 Å². The van der Waals surface area contributed by atoms with E-state index in [1.807, 2.05) is 6.33 Å². The van der Waals surface area contributed by atoms with Crippen molar-refractivity contribution in [2.75, 3.05) is 6.54 Å². The fraction of sp³-hybridized carbons (Fsp3) is 0.429. The Balaban J connectivity index is 2.51. The van der Waals surface area contributed by atoms with Gasteiger partial charge in [-0.15, -0.1) is 0 Å². The van der Waals surface area contributed by atoms with Crippen molar-refractivity contribution >= 4 is 17.2 Å². The van der Waals surface area contributed by atoms with Crippen molar-refractivity contribution in [1.82, 2.24) is 14.9 Å². The van der Waals surface area contributed by atoms with Gasteiger partial charge in [0.05, 0.1) is 18.2 Å². The predicted octanol–water partition coefficient (Wildman–Crippen LogP) is 0.723. The number of imidazole rings is 1. The number of nitrogens with one attached hydrogen (secondary N) is 1.